The molecule has 84 valence electrons. The van der Waals surface area contributed by atoms with Crippen LogP contribution in [0, 0.1) is 5.92 Å². The van der Waals surface area contributed by atoms with Crippen LogP contribution < -0.4 is 0 Å². The Hall–Kier alpha value is -1.64. The minimum absolute atomic E-state index is 0.0753. The average Bonchev–Trinajstić information content (AvgIpc) is 2.71. The molecule has 0 saturated carbocycles. The molecule has 0 fully saturated rings. The van der Waals surface area contributed by atoms with Crippen LogP contribution in [0.25, 0.3) is 0 Å². The van der Waals surface area contributed by atoms with Gasteiger partial charge in [-0.05, 0) is 12.5 Å². The smallest absolute Gasteiger partial charge is 0.311 e. The SMILES string of the molecule is COC(=O)[C@H]1CC(C)=N[C@H]1c1ccccc1. The van der Waals surface area contributed by atoms with E-state index >= 15 is 0 Å². The minimum Gasteiger partial charge on any atom is -0.469 e. The lowest BCUT2D eigenvalue weighted by Gasteiger charge is -2.15. The number of methoxy groups -OCH3 is 1. The number of benzene rings is 1. The van der Waals surface area contributed by atoms with Gasteiger partial charge in [-0.15, -0.1) is 0 Å². The first-order valence-electron chi connectivity index (χ1n) is 5.38. The first kappa shape index (κ1) is 10.9. The van der Waals surface area contributed by atoms with Gasteiger partial charge in [0.1, 0.15) is 0 Å². The average molecular weight is 217 g/mol. The maximum atomic E-state index is 11.6. The molecular weight excluding hydrogens is 202 g/mol. The molecule has 1 aliphatic rings. The molecule has 16 heavy (non-hydrogen) atoms. The standard InChI is InChI=1S/C13H15NO2/c1-9-8-11(13(15)16-2)12(14-9)10-6-4-3-5-7-10/h3-7,11-12H,8H2,1-2H3/t11-,12-/m0/s1. The van der Waals surface area contributed by atoms with Gasteiger partial charge in [-0.1, -0.05) is 30.3 Å². The summed E-state index contributed by atoms with van der Waals surface area (Å²) in [5, 5.41) is 0. The summed E-state index contributed by atoms with van der Waals surface area (Å²) in [6.45, 7) is 1.96. The van der Waals surface area contributed by atoms with Gasteiger partial charge < -0.3 is 4.74 Å². The van der Waals surface area contributed by atoms with Crippen LogP contribution >= 0.6 is 0 Å². The molecule has 1 aromatic carbocycles. The minimum atomic E-state index is -0.172. The van der Waals surface area contributed by atoms with Crippen molar-refractivity contribution < 1.29 is 9.53 Å². The molecule has 1 heterocycles. The highest BCUT2D eigenvalue weighted by Crippen LogP contribution is 2.35. The molecule has 0 saturated heterocycles. The molecule has 0 aromatic heterocycles. The molecule has 3 heteroatoms. The number of carbonyl (C=O) groups excluding carboxylic acids is 1. The number of esters is 1. The summed E-state index contributed by atoms with van der Waals surface area (Å²) in [6.07, 6.45) is 0.701. The summed E-state index contributed by atoms with van der Waals surface area (Å²) >= 11 is 0. The van der Waals surface area contributed by atoms with Gasteiger partial charge in [-0.2, -0.15) is 0 Å². The van der Waals surface area contributed by atoms with Gasteiger partial charge in [0.25, 0.3) is 0 Å². The van der Waals surface area contributed by atoms with E-state index in [0.29, 0.717) is 6.42 Å². The highest BCUT2D eigenvalue weighted by atomic mass is 16.5. The summed E-state index contributed by atoms with van der Waals surface area (Å²) in [6, 6.07) is 9.82. The van der Waals surface area contributed by atoms with Gasteiger partial charge in [-0.3, -0.25) is 9.79 Å². The lowest BCUT2D eigenvalue weighted by molar-refractivity contribution is -0.145. The van der Waals surface area contributed by atoms with Crippen molar-refractivity contribution in [3.63, 3.8) is 0 Å². The van der Waals surface area contributed by atoms with Crippen molar-refractivity contribution >= 4 is 11.7 Å². The number of hydrogen-bond donors (Lipinski definition) is 0. The van der Waals surface area contributed by atoms with Crippen molar-refractivity contribution in [2.75, 3.05) is 7.11 Å². The molecule has 0 aliphatic carbocycles. The van der Waals surface area contributed by atoms with Crippen molar-refractivity contribution in [3.05, 3.63) is 35.9 Å². The molecule has 3 nitrogen and oxygen atoms in total. The quantitative estimate of drug-likeness (QED) is 0.713. The monoisotopic (exact) mass is 217 g/mol. The topological polar surface area (TPSA) is 38.7 Å². The van der Waals surface area contributed by atoms with Gasteiger partial charge in [0.15, 0.2) is 0 Å². The third kappa shape index (κ3) is 1.98. The van der Waals surface area contributed by atoms with E-state index < -0.39 is 0 Å². The molecule has 0 unspecified atom stereocenters. The van der Waals surface area contributed by atoms with Gasteiger partial charge in [0, 0.05) is 12.1 Å². The third-order valence-corrected chi connectivity index (χ3v) is 2.90. The second kappa shape index (κ2) is 4.47. The number of hydrogen-bond acceptors (Lipinski definition) is 3. The molecule has 1 aromatic rings. The molecule has 0 amide bonds. The van der Waals surface area contributed by atoms with E-state index in [1.165, 1.54) is 7.11 Å². The maximum absolute atomic E-state index is 11.6. The van der Waals surface area contributed by atoms with Crippen molar-refractivity contribution in [1.82, 2.24) is 0 Å². The second-order valence-electron chi connectivity index (χ2n) is 4.05. The number of carbonyl (C=O) groups is 1. The Morgan fingerprint density at radius 3 is 2.69 bits per heavy atom. The molecular formula is C13H15NO2. The first-order chi connectivity index (χ1) is 7.72. The Balaban J connectivity index is 2.28. The highest BCUT2D eigenvalue weighted by Gasteiger charge is 2.34. The molecule has 0 N–H and O–H groups in total. The Kier molecular flexibility index (Phi) is 3.04. The van der Waals surface area contributed by atoms with Crippen LogP contribution in [-0.2, 0) is 9.53 Å². The van der Waals surface area contributed by atoms with Gasteiger partial charge >= 0.3 is 5.97 Å². The zero-order valence-corrected chi connectivity index (χ0v) is 9.51. The van der Waals surface area contributed by atoms with Gasteiger partial charge in [0.2, 0.25) is 0 Å². The van der Waals surface area contributed by atoms with Crippen LogP contribution in [0.5, 0.6) is 0 Å². The normalized spacial score (nSPS) is 24.0. The van der Waals surface area contributed by atoms with Crippen molar-refractivity contribution in [2.24, 2.45) is 10.9 Å². The van der Waals surface area contributed by atoms with E-state index in [4.69, 9.17) is 4.74 Å². The Labute approximate surface area is 95.2 Å². The van der Waals surface area contributed by atoms with E-state index in [1.54, 1.807) is 0 Å². The highest BCUT2D eigenvalue weighted by molar-refractivity contribution is 5.90. The lowest BCUT2D eigenvalue weighted by Crippen LogP contribution is -2.19. The summed E-state index contributed by atoms with van der Waals surface area (Å²) in [4.78, 5) is 16.2. The second-order valence-corrected chi connectivity index (χ2v) is 4.05. The Bertz CT molecular complexity index is 411. The van der Waals surface area contributed by atoms with Crippen LogP contribution in [0.15, 0.2) is 35.3 Å². The lowest BCUT2D eigenvalue weighted by atomic mass is 9.93. The number of rotatable bonds is 2. The molecule has 0 radical (unpaired) electrons. The Morgan fingerprint density at radius 1 is 1.38 bits per heavy atom. The zero-order chi connectivity index (χ0) is 11.5. The van der Waals surface area contributed by atoms with E-state index in [0.717, 1.165) is 11.3 Å². The van der Waals surface area contributed by atoms with Crippen LogP contribution in [0.4, 0.5) is 0 Å². The van der Waals surface area contributed by atoms with Crippen LogP contribution in [-0.4, -0.2) is 18.8 Å². The van der Waals surface area contributed by atoms with Crippen molar-refractivity contribution in [2.45, 2.75) is 19.4 Å². The fourth-order valence-corrected chi connectivity index (χ4v) is 2.13. The number of nitrogens with zero attached hydrogens (tertiary/aromatic N) is 1. The van der Waals surface area contributed by atoms with E-state index in [1.807, 2.05) is 37.3 Å². The molecule has 0 spiro atoms. The van der Waals surface area contributed by atoms with E-state index in [9.17, 15) is 4.79 Å². The summed E-state index contributed by atoms with van der Waals surface area (Å²) in [7, 11) is 1.43. The number of ether oxygens (including phenoxy) is 1. The molecule has 2 atom stereocenters. The molecule has 1 aliphatic heterocycles. The van der Waals surface area contributed by atoms with Gasteiger partial charge in [-0.25, -0.2) is 0 Å². The van der Waals surface area contributed by atoms with Crippen molar-refractivity contribution in [1.29, 1.82) is 0 Å². The van der Waals surface area contributed by atoms with Crippen LogP contribution in [0.2, 0.25) is 0 Å². The number of aliphatic imine (C=N–C) groups is 1. The zero-order valence-electron chi connectivity index (χ0n) is 9.51. The maximum Gasteiger partial charge on any atom is 0.311 e. The summed E-state index contributed by atoms with van der Waals surface area (Å²) in [5.41, 5.74) is 2.10. The summed E-state index contributed by atoms with van der Waals surface area (Å²) < 4.78 is 4.82. The van der Waals surface area contributed by atoms with Gasteiger partial charge in [0.05, 0.1) is 19.1 Å². The molecule has 2 rings (SSSR count). The Morgan fingerprint density at radius 2 is 2.06 bits per heavy atom. The fourth-order valence-electron chi connectivity index (χ4n) is 2.13. The first-order valence-corrected chi connectivity index (χ1v) is 5.38. The predicted molar refractivity (Wildman–Crippen MR) is 62.4 cm³/mol. The summed E-state index contributed by atoms with van der Waals surface area (Å²) in [5.74, 6) is -0.332. The van der Waals surface area contributed by atoms with Crippen LogP contribution in [0.3, 0.4) is 0 Å². The molecule has 0 bridgehead atoms. The largest absolute Gasteiger partial charge is 0.469 e. The predicted octanol–water partition coefficient (Wildman–Crippen LogP) is 2.38. The van der Waals surface area contributed by atoms with Crippen molar-refractivity contribution in [3.8, 4) is 0 Å². The van der Waals surface area contributed by atoms with E-state index in [2.05, 4.69) is 4.99 Å². The van der Waals surface area contributed by atoms with Crippen LogP contribution in [0.1, 0.15) is 24.9 Å². The van der Waals surface area contributed by atoms with E-state index in [-0.39, 0.29) is 17.9 Å². The fraction of sp³-hybridized carbons (Fsp3) is 0.385. The third-order valence-electron chi connectivity index (χ3n) is 2.90.